The number of hydrogen-bond donors (Lipinski definition) is 0. The summed E-state index contributed by atoms with van der Waals surface area (Å²) in [4.78, 5) is 13.0. The first-order valence-corrected chi connectivity index (χ1v) is 12.7. The van der Waals surface area contributed by atoms with Crippen LogP contribution in [0.2, 0.25) is 0 Å². The van der Waals surface area contributed by atoms with E-state index in [0.717, 1.165) is 34.9 Å². The van der Waals surface area contributed by atoms with E-state index in [9.17, 15) is 0 Å². The number of benzene rings is 2. The molecule has 6 rings (SSSR count). The van der Waals surface area contributed by atoms with Gasteiger partial charge in [0.25, 0.3) is 0 Å². The molecule has 186 valence electrons. The van der Waals surface area contributed by atoms with Gasteiger partial charge >= 0.3 is 0 Å². The van der Waals surface area contributed by atoms with Gasteiger partial charge in [0, 0.05) is 24.5 Å². The van der Waals surface area contributed by atoms with Crippen molar-refractivity contribution in [2.45, 2.75) is 65.8 Å². The van der Waals surface area contributed by atoms with Gasteiger partial charge in [0.2, 0.25) is 0 Å². The summed E-state index contributed by atoms with van der Waals surface area (Å²) in [5.41, 5.74) is 8.08. The van der Waals surface area contributed by atoms with Crippen LogP contribution < -0.4 is 0 Å². The lowest BCUT2D eigenvalue weighted by atomic mass is 9.99. The molecule has 1 aliphatic rings. The molecule has 0 saturated heterocycles. The Bertz CT molecular complexity index is 1310. The van der Waals surface area contributed by atoms with Gasteiger partial charge in [-0.15, -0.1) is 0 Å². The molecule has 0 bridgehead atoms. The van der Waals surface area contributed by atoms with E-state index in [1.54, 1.807) is 0 Å². The summed E-state index contributed by atoms with van der Waals surface area (Å²) in [6.07, 6.45) is 6.08. The first-order valence-electron chi connectivity index (χ1n) is 12.7. The summed E-state index contributed by atoms with van der Waals surface area (Å²) in [5, 5.41) is 0. The van der Waals surface area contributed by atoms with Gasteiger partial charge in [-0.05, 0) is 58.9 Å². The van der Waals surface area contributed by atoms with E-state index >= 15 is 0 Å². The molecule has 0 spiro atoms. The topological polar surface area (TPSA) is 55.7 Å². The average Bonchev–Trinajstić information content (AvgIpc) is 3.61. The molecule has 0 amide bonds. The van der Waals surface area contributed by atoms with E-state index in [-0.39, 0.29) is 0 Å². The molecule has 0 N–H and O–H groups in total. The number of oxazole rings is 1. The molecule has 0 radical (unpaired) electrons. The highest BCUT2D eigenvalue weighted by atomic mass is 16.3. The zero-order valence-corrected chi connectivity index (χ0v) is 22.1. The summed E-state index contributed by atoms with van der Waals surface area (Å²) in [5.74, 6) is 2.29. The van der Waals surface area contributed by atoms with Crippen LogP contribution in [-0.2, 0) is 6.54 Å². The zero-order chi connectivity index (χ0) is 25.7. The van der Waals surface area contributed by atoms with Crippen LogP contribution in [0.4, 0.5) is 0 Å². The molecule has 5 heteroatoms. The van der Waals surface area contributed by atoms with Crippen LogP contribution in [0.1, 0.15) is 87.6 Å². The Morgan fingerprint density at radius 3 is 2.28 bits per heavy atom. The van der Waals surface area contributed by atoms with Crippen molar-refractivity contribution in [3.8, 4) is 0 Å². The van der Waals surface area contributed by atoms with Crippen molar-refractivity contribution >= 4 is 23.0 Å². The van der Waals surface area contributed by atoms with Gasteiger partial charge in [0.1, 0.15) is 11.2 Å². The molecule has 0 atom stereocenters. The maximum absolute atomic E-state index is 5.52. The predicted molar refractivity (Wildman–Crippen MR) is 149 cm³/mol. The summed E-state index contributed by atoms with van der Waals surface area (Å²) in [6.45, 7) is 13.8. The molecule has 3 aromatic heterocycles. The third-order valence-corrected chi connectivity index (χ3v) is 6.11. The molecular weight excluding hydrogens is 444 g/mol. The van der Waals surface area contributed by atoms with Crippen molar-refractivity contribution in [2.75, 3.05) is 0 Å². The van der Waals surface area contributed by atoms with Gasteiger partial charge in [0.15, 0.2) is 11.5 Å². The van der Waals surface area contributed by atoms with Crippen molar-refractivity contribution in [2.24, 2.45) is 4.99 Å². The lowest BCUT2D eigenvalue weighted by molar-refractivity contribution is 0.501. The van der Waals surface area contributed by atoms with Crippen molar-refractivity contribution in [1.82, 2.24) is 14.4 Å². The smallest absolute Gasteiger partial charge is 0.198 e. The third kappa shape index (κ3) is 6.09. The average molecular weight is 481 g/mol. The second kappa shape index (κ2) is 11.3. The van der Waals surface area contributed by atoms with Crippen LogP contribution in [0.25, 0.3) is 16.7 Å². The van der Waals surface area contributed by atoms with Crippen LogP contribution in [0.15, 0.2) is 82.5 Å². The van der Waals surface area contributed by atoms with Gasteiger partial charge in [0.05, 0.1) is 12.2 Å². The standard InChI is InChI=1S/C11H13N.C10H12N2.C10H11NO/c1-8(2)9-3-4-10-6-12-7-11(10)5-9;1-8(2)9-7-12-6-4-3-5-10(12)11-9;1-7(2)10-11-8-5-3-4-6-9(8)12-10/h3-5,7-8H,6H2,1-2H3;3-8H,1-2H3;3-7H,1-2H3. The van der Waals surface area contributed by atoms with E-state index in [1.165, 1.54) is 16.7 Å². The second-order valence-electron chi connectivity index (χ2n) is 10.0. The van der Waals surface area contributed by atoms with Crippen LogP contribution in [0.5, 0.6) is 0 Å². The predicted octanol–water partition coefficient (Wildman–Crippen LogP) is 8.15. The van der Waals surface area contributed by atoms with E-state index in [2.05, 4.69) is 85.3 Å². The molecule has 36 heavy (non-hydrogen) atoms. The van der Waals surface area contributed by atoms with Crippen LogP contribution in [0.3, 0.4) is 0 Å². The maximum atomic E-state index is 5.52. The quantitative estimate of drug-likeness (QED) is 0.262. The number of para-hydroxylation sites is 2. The Kier molecular flexibility index (Phi) is 7.99. The molecular formula is C31H36N4O. The summed E-state index contributed by atoms with van der Waals surface area (Å²) >= 11 is 0. The van der Waals surface area contributed by atoms with Crippen LogP contribution in [-0.4, -0.2) is 20.6 Å². The van der Waals surface area contributed by atoms with E-state index in [0.29, 0.717) is 17.8 Å². The lowest BCUT2D eigenvalue weighted by Crippen LogP contribution is -1.91. The van der Waals surface area contributed by atoms with Crippen molar-refractivity contribution in [1.29, 1.82) is 0 Å². The number of nitrogens with zero attached hydrogens (tertiary/aromatic N) is 4. The molecule has 1 aliphatic heterocycles. The number of fused-ring (bicyclic) bond motifs is 3. The normalized spacial score (nSPS) is 12.1. The fourth-order valence-corrected chi connectivity index (χ4v) is 3.85. The molecule has 0 unspecified atom stereocenters. The summed E-state index contributed by atoms with van der Waals surface area (Å²) < 4.78 is 7.57. The highest BCUT2D eigenvalue weighted by Crippen LogP contribution is 2.21. The fourth-order valence-electron chi connectivity index (χ4n) is 3.85. The first kappa shape index (κ1) is 25.4. The van der Waals surface area contributed by atoms with Gasteiger partial charge in [-0.25, -0.2) is 9.97 Å². The van der Waals surface area contributed by atoms with E-state index in [1.807, 2.05) is 54.9 Å². The van der Waals surface area contributed by atoms with Crippen LogP contribution in [0, 0.1) is 0 Å². The van der Waals surface area contributed by atoms with E-state index < -0.39 is 0 Å². The largest absolute Gasteiger partial charge is 0.440 e. The van der Waals surface area contributed by atoms with E-state index in [4.69, 9.17) is 4.42 Å². The number of imidazole rings is 1. The fraction of sp³-hybridized carbons (Fsp3) is 0.323. The first-order chi connectivity index (χ1) is 17.3. The van der Waals surface area contributed by atoms with Crippen molar-refractivity contribution < 1.29 is 4.42 Å². The summed E-state index contributed by atoms with van der Waals surface area (Å²) in [6, 6.07) is 20.5. The van der Waals surface area contributed by atoms with Gasteiger partial charge in [-0.2, -0.15) is 0 Å². The number of pyridine rings is 1. The van der Waals surface area contributed by atoms with Crippen molar-refractivity contribution in [3.63, 3.8) is 0 Å². The molecule has 0 fully saturated rings. The van der Waals surface area contributed by atoms with Crippen molar-refractivity contribution in [3.05, 3.63) is 101 Å². The Morgan fingerprint density at radius 2 is 1.58 bits per heavy atom. The molecule has 0 saturated carbocycles. The molecule has 0 aliphatic carbocycles. The number of aromatic nitrogens is 3. The van der Waals surface area contributed by atoms with Gasteiger partial charge in [-0.1, -0.05) is 71.9 Å². The minimum atomic E-state index is 0.359. The monoisotopic (exact) mass is 480 g/mol. The SMILES string of the molecule is CC(C)c1ccc2c(c1)C=NC2.CC(C)c1cn2ccccc2n1.CC(C)c1nc2ccccc2o1. The highest BCUT2D eigenvalue weighted by molar-refractivity contribution is 5.84. The minimum absolute atomic E-state index is 0.359. The highest BCUT2D eigenvalue weighted by Gasteiger charge is 2.08. The third-order valence-electron chi connectivity index (χ3n) is 6.11. The number of aliphatic imine (C=N–C) groups is 1. The minimum Gasteiger partial charge on any atom is -0.440 e. The maximum Gasteiger partial charge on any atom is 0.198 e. The van der Waals surface area contributed by atoms with Crippen LogP contribution >= 0.6 is 0 Å². The Hall–Kier alpha value is -3.73. The van der Waals surface area contributed by atoms with Gasteiger partial charge in [-0.3, -0.25) is 4.99 Å². The zero-order valence-electron chi connectivity index (χ0n) is 22.1. The Morgan fingerprint density at radius 1 is 0.806 bits per heavy atom. The second-order valence-corrected chi connectivity index (χ2v) is 10.0. The molecule has 4 heterocycles. The number of rotatable bonds is 3. The Labute approximate surface area is 213 Å². The lowest BCUT2D eigenvalue weighted by Gasteiger charge is -2.06. The molecule has 5 nitrogen and oxygen atoms in total. The number of hydrogen-bond acceptors (Lipinski definition) is 4. The molecule has 2 aromatic carbocycles. The Balaban J connectivity index is 0.000000127. The van der Waals surface area contributed by atoms with Gasteiger partial charge < -0.3 is 8.82 Å². The summed E-state index contributed by atoms with van der Waals surface area (Å²) in [7, 11) is 0. The molecule has 5 aromatic rings.